The average molecular weight is 549 g/mol. The van der Waals surface area contributed by atoms with Crippen LogP contribution >= 0.6 is 0 Å². The minimum Gasteiger partial charge on any atom is -0.396 e. The molecule has 37 heavy (non-hydrogen) atoms. The fourth-order valence-corrected chi connectivity index (χ4v) is 10.2. The van der Waals surface area contributed by atoms with Gasteiger partial charge in [0.15, 0.2) is 0 Å². The van der Waals surface area contributed by atoms with E-state index in [-0.39, 0.29) is 49.0 Å². The smallest absolute Gasteiger partial charge is 0.396 e. The summed E-state index contributed by atoms with van der Waals surface area (Å²) in [6, 6.07) is 0. The monoisotopic (exact) mass is 548 g/mol. The zero-order chi connectivity index (χ0) is 27.6. The molecule has 9 nitrogen and oxygen atoms in total. The van der Waals surface area contributed by atoms with Crippen LogP contribution in [0.25, 0.3) is 0 Å². The molecule has 0 saturated heterocycles. The quantitative estimate of drug-likeness (QED) is 0.250. The van der Waals surface area contributed by atoms with Crippen molar-refractivity contribution in [3.05, 3.63) is 0 Å². The second-order valence-electron chi connectivity index (χ2n) is 13.5. The molecular formula is C27H48O9S. The molecular weight excluding hydrogens is 500 g/mol. The number of hydrogen-bond acceptors (Lipinski definition) is 8. The van der Waals surface area contributed by atoms with Crippen molar-refractivity contribution < 1.29 is 42.7 Å². The molecule has 6 N–H and O–H groups in total. The van der Waals surface area contributed by atoms with E-state index < -0.39 is 57.2 Å². The molecule has 4 rings (SSSR count). The Balaban J connectivity index is 1.69. The van der Waals surface area contributed by atoms with Crippen LogP contribution in [0.15, 0.2) is 0 Å². The molecule has 4 aliphatic rings. The van der Waals surface area contributed by atoms with Crippen molar-refractivity contribution in [3.63, 3.8) is 0 Å². The summed E-state index contributed by atoms with van der Waals surface area (Å²) in [4.78, 5) is 0. The fraction of sp³-hybridized carbons (Fsp3) is 1.00. The number of fused-ring (bicyclic) bond motifs is 5. The first-order chi connectivity index (χ1) is 17.1. The topological polar surface area (TPSA) is 165 Å². The Kier molecular flexibility index (Phi) is 8.21. The molecule has 0 heterocycles. The van der Waals surface area contributed by atoms with Crippen molar-refractivity contribution in [2.45, 2.75) is 115 Å². The maximum absolute atomic E-state index is 12.0. The summed E-state index contributed by atoms with van der Waals surface area (Å²) in [7, 11) is -4.84. The number of hydrogen-bond donors (Lipinski definition) is 6. The molecule has 4 fully saturated rings. The second-order valence-corrected chi connectivity index (χ2v) is 14.6. The molecule has 0 bridgehead atoms. The minimum atomic E-state index is -4.84. The highest BCUT2D eigenvalue weighted by atomic mass is 32.3. The SMILES string of the molecule is CC(CO)CCCC(C)C1C(O)C(OS(=O)(=O)O)C2C3CC(O)C4(O)CC(O)CCC4(C)C3CCC12C. The van der Waals surface area contributed by atoms with E-state index in [1.807, 2.05) is 13.8 Å². The lowest BCUT2D eigenvalue weighted by atomic mass is 9.42. The van der Waals surface area contributed by atoms with E-state index in [0.717, 1.165) is 25.7 Å². The first-order valence-corrected chi connectivity index (χ1v) is 15.5. The molecule has 0 aromatic rings. The van der Waals surface area contributed by atoms with Crippen LogP contribution in [0.3, 0.4) is 0 Å². The summed E-state index contributed by atoms with van der Waals surface area (Å²) in [5, 5.41) is 54.3. The molecule has 0 amide bonds. The predicted octanol–water partition coefficient (Wildman–Crippen LogP) is 2.30. The number of aliphatic hydroxyl groups excluding tert-OH is 4. The molecule has 13 atom stereocenters. The van der Waals surface area contributed by atoms with Crippen LogP contribution in [0.5, 0.6) is 0 Å². The fourth-order valence-electron chi connectivity index (χ4n) is 9.66. The Bertz CT molecular complexity index is 929. The molecule has 4 aliphatic carbocycles. The van der Waals surface area contributed by atoms with E-state index in [9.17, 15) is 38.5 Å². The van der Waals surface area contributed by atoms with E-state index in [1.165, 1.54) is 0 Å². The van der Waals surface area contributed by atoms with Gasteiger partial charge in [-0.25, -0.2) is 4.18 Å². The van der Waals surface area contributed by atoms with Crippen LogP contribution in [0.4, 0.5) is 0 Å². The van der Waals surface area contributed by atoms with Gasteiger partial charge >= 0.3 is 10.4 Å². The van der Waals surface area contributed by atoms with E-state index >= 15 is 0 Å². The van der Waals surface area contributed by atoms with E-state index in [2.05, 4.69) is 13.8 Å². The third kappa shape index (κ3) is 4.92. The highest BCUT2D eigenvalue weighted by Crippen LogP contribution is 2.69. The van der Waals surface area contributed by atoms with Crippen LogP contribution < -0.4 is 0 Å². The van der Waals surface area contributed by atoms with Gasteiger partial charge in [-0.15, -0.1) is 0 Å². The largest absolute Gasteiger partial charge is 0.397 e. The molecule has 13 unspecified atom stereocenters. The highest BCUT2D eigenvalue weighted by molar-refractivity contribution is 7.80. The summed E-state index contributed by atoms with van der Waals surface area (Å²) in [6.07, 6.45) is 1.35. The minimum absolute atomic E-state index is 0.0470. The van der Waals surface area contributed by atoms with Gasteiger partial charge in [-0.05, 0) is 79.4 Å². The first kappa shape index (κ1) is 29.6. The lowest BCUT2D eigenvalue weighted by Crippen LogP contribution is -2.69. The number of aliphatic hydroxyl groups is 5. The lowest BCUT2D eigenvalue weighted by Gasteiger charge is -2.65. The van der Waals surface area contributed by atoms with E-state index in [1.54, 1.807) is 0 Å². The maximum atomic E-state index is 12.0. The molecule has 0 aliphatic heterocycles. The normalized spacial score (nSPS) is 49.6. The van der Waals surface area contributed by atoms with Gasteiger partial charge in [-0.1, -0.05) is 40.5 Å². The van der Waals surface area contributed by atoms with Crippen LogP contribution in [0.2, 0.25) is 0 Å². The van der Waals surface area contributed by atoms with Crippen molar-refractivity contribution >= 4 is 10.4 Å². The van der Waals surface area contributed by atoms with Crippen molar-refractivity contribution in [2.75, 3.05) is 6.61 Å². The average Bonchev–Trinajstić information content (AvgIpc) is 3.00. The van der Waals surface area contributed by atoms with Gasteiger partial charge in [-0.3, -0.25) is 4.55 Å². The Hall–Kier alpha value is -0.330. The van der Waals surface area contributed by atoms with Crippen LogP contribution in [-0.4, -0.2) is 75.1 Å². The zero-order valence-corrected chi connectivity index (χ0v) is 23.5. The second kappa shape index (κ2) is 10.3. The van der Waals surface area contributed by atoms with Crippen LogP contribution in [0.1, 0.15) is 85.5 Å². The van der Waals surface area contributed by atoms with Crippen molar-refractivity contribution in [1.29, 1.82) is 0 Å². The molecule has 4 saturated carbocycles. The Labute approximate surface area is 221 Å². The Morgan fingerprint density at radius 1 is 1.05 bits per heavy atom. The van der Waals surface area contributed by atoms with E-state index in [0.29, 0.717) is 19.3 Å². The summed E-state index contributed by atoms with van der Waals surface area (Å²) in [5.41, 5.74) is -2.60. The molecule has 10 heteroatoms. The van der Waals surface area contributed by atoms with Gasteiger partial charge in [0.25, 0.3) is 0 Å². The summed E-state index contributed by atoms with van der Waals surface area (Å²) in [5.74, 6) is -0.741. The molecule has 216 valence electrons. The molecule has 0 spiro atoms. The summed E-state index contributed by atoms with van der Waals surface area (Å²) in [6.45, 7) is 8.25. The van der Waals surface area contributed by atoms with Gasteiger partial charge in [0.2, 0.25) is 0 Å². The van der Waals surface area contributed by atoms with E-state index in [4.69, 9.17) is 4.18 Å². The summed E-state index contributed by atoms with van der Waals surface area (Å²) < 4.78 is 38.8. The van der Waals surface area contributed by atoms with Crippen molar-refractivity contribution in [1.82, 2.24) is 0 Å². The van der Waals surface area contributed by atoms with Gasteiger partial charge in [0, 0.05) is 18.4 Å². The van der Waals surface area contributed by atoms with Gasteiger partial charge in [0.05, 0.1) is 23.9 Å². The lowest BCUT2D eigenvalue weighted by molar-refractivity contribution is -0.267. The first-order valence-electron chi connectivity index (χ1n) is 14.1. The number of rotatable bonds is 8. The standard InChI is InChI=1S/C27H48O9S/c1-15(14-28)6-5-7-16(2)21-23(31)24(36-37(33,34)35)22-18-12-20(30)27(32)13-17(29)8-11-26(27,4)19(18)9-10-25(21,22)3/h15-24,28-32H,5-14H2,1-4H3,(H,33,34,35). The maximum Gasteiger partial charge on any atom is 0.397 e. The summed E-state index contributed by atoms with van der Waals surface area (Å²) >= 11 is 0. The van der Waals surface area contributed by atoms with Crippen molar-refractivity contribution in [3.8, 4) is 0 Å². The zero-order valence-electron chi connectivity index (χ0n) is 22.7. The third-order valence-electron chi connectivity index (χ3n) is 11.5. The van der Waals surface area contributed by atoms with Gasteiger partial charge < -0.3 is 25.5 Å². The van der Waals surface area contributed by atoms with Crippen LogP contribution in [-0.2, 0) is 14.6 Å². The third-order valence-corrected chi connectivity index (χ3v) is 11.9. The Morgan fingerprint density at radius 3 is 2.35 bits per heavy atom. The molecule has 0 aromatic heterocycles. The molecule has 0 aromatic carbocycles. The molecule has 0 radical (unpaired) electrons. The predicted molar refractivity (Wildman–Crippen MR) is 137 cm³/mol. The van der Waals surface area contributed by atoms with Gasteiger partial charge in [-0.2, -0.15) is 8.42 Å². The van der Waals surface area contributed by atoms with Crippen molar-refractivity contribution in [2.24, 2.45) is 46.3 Å². The highest BCUT2D eigenvalue weighted by Gasteiger charge is 2.71. The Morgan fingerprint density at radius 2 is 1.73 bits per heavy atom. The van der Waals surface area contributed by atoms with Crippen LogP contribution in [0, 0.1) is 46.3 Å². The van der Waals surface area contributed by atoms with Gasteiger partial charge in [0.1, 0.15) is 6.10 Å².